The Balaban J connectivity index is 0.00000242. The standard InChI is InChI=1S/C16H16N2O3.ClH/c17-13-8-4-7-12(9-13)16(21)18-14(10-15(19)20)11-5-2-1-3-6-11;/h1-9,14H,10,17H2,(H,18,21)(H,19,20);1H. The van der Waals surface area contributed by atoms with Crippen LogP contribution >= 0.6 is 12.4 Å². The Bertz CT molecular complexity index is 647. The predicted octanol–water partition coefficient (Wildman–Crippen LogP) is 2.64. The van der Waals surface area contributed by atoms with Crippen LogP contribution in [0.2, 0.25) is 0 Å². The van der Waals surface area contributed by atoms with Gasteiger partial charge in [0.1, 0.15) is 0 Å². The normalized spacial score (nSPS) is 11.1. The largest absolute Gasteiger partial charge is 0.481 e. The fourth-order valence-electron chi connectivity index (χ4n) is 2.03. The molecule has 22 heavy (non-hydrogen) atoms. The summed E-state index contributed by atoms with van der Waals surface area (Å²) in [6.45, 7) is 0. The van der Waals surface area contributed by atoms with Gasteiger partial charge in [-0.25, -0.2) is 0 Å². The zero-order valence-electron chi connectivity index (χ0n) is 11.7. The molecule has 1 unspecified atom stereocenters. The number of carbonyl (C=O) groups excluding carboxylic acids is 1. The van der Waals surface area contributed by atoms with Crippen LogP contribution in [0.4, 0.5) is 5.69 Å². The molecule has 0 aliphatic heterocycles. The maximum Gasteiger partial charge on any atom is 0.305 e. The minimum absolute atomic E-state index is 0. The van der Waals surface area contributed by atoms with Gasteiger partial charge in [-0.15, -0.1) is 12.4 Å². The molecule has 1 amide bonds. The van der Waals surface area contributed by atoms with E-state index in [2.05, 4.69) is 5.32 Å². The van der Waals surface area contributed by atoms with E-state index >= 15 is 0 Å². The number of aliphatic carboxylic acids is 1. The highest BCUT2D eigenvalue weighted by Crippen LogP contribution is 2.18. The highest BCUT2D eigenvalue weighted by atomic mass is 35.5. The fourth-order valence-corrected chi connectivity index (χ4v) is 2.03. The van der Waals surface area contributed by atoms with Crippen LogP contribution in [-0.4, -0.2) is 17.0 Å². The zero-order chi connectivity index (χ0) is 15.2. The lowest BCUT2D eigenvalue weighted by atomic mass is 10.0. The smallest absolute Gasteiger partial charge is 0.305 e. The van der Waals surface area contributed by atoms with Gasteiger partial charge in [0, 0.05) is 11.3 Å². The third kappa shape index (κ3) is 4.79. The lowest BCUT2D eigenvalue weighted by Crippen LogP contribution is -2.30. The molecule has 0 spiro atoms. The van der Waals surface area contributed by atoms with Crippen LogP contribution in [0.5, 0.6) is 0 Å². The summed E-state index contributed by atoms with van der Waals surface area (Å²) in [5, 5.41) is 11.7. The number of rotatable bonds is 5. The first-order valence-electron chi connectivity index (χ1n) is 6.49. The van der Waals surface area contributed by atoms with E-state index in [4.69, 9.17) is 10.8 Å². The second kappa shape index (κ2) is 8.05. The molecule has 0 saturated carbocycles. The first kappa shape index (κ1) is 17.5. The maximum absolute atomic E-state index is 12.2. The van der Waals surface area contributed by atoms with Gasteiger partial charge in [0.2, 0.25) is 0 Å². The number of carboxylic acids is 1. The Morgan fingerprint density at radius 3 is 2.36 bits per heavy atom. The van der Waals surface area contributed by atoms with Crippen molar-refractivity contribution in [3.63, 3.8) is 0 Å². The van der Waals surface area contributed by atoms with Crippen LogP contribution in [0.1, 0.15) is 28.4 Å². The molecular formula is C16H17ClN2O3. The molecule has 2 rings (SSSR count). The van der Waals surface area contributed by atoms with E-state index in [0.29, 0.717) is 11.3 Å². The van der Waals surface area contributed by atoms with E-state index in [0.717, 1.165) is 5.56 Å². The van der Waals surface area contributed by atoms with Gasteiger partial charge < -0.3 is 16.2 Å². The van der Waals surface area contributed by atoms with Crippen molar-refractivity contribution in [3.05, 3.63) is 65.7 Å². The highest BCUT2D eigenvalue weighted by Gasteiger charge is 2.18. The van der Waals surface area contributed by atoms with Crippen molar-refractivity contribution in [1.29, 1.82) is 0 Å². The predicted molar refractivity (Wildman–Crippen MR) is 87.0 cm³/mol. The van der Waals surface area contributed by atoms with Crippen molar-refractivity contribution in [3.8, 4) is 0 Å². The number of nitrogens with two attached hydrogens (primary N) is 1. The lowest BCUT2D eigenvalue weighted by Gasteiger charge is -2.17. The zero-order valence-corrected chi connectivity index (χ0v) is 12.5. The van der Waals surface area contributed by atoms with Gasteiger partial charge in [0.25, 0.3) is 5.91 Å². The van der Waals surface area contributed by atoms with E-state index in [-0.39, 0.29) is 24.7 Å². The maximum atomic E-state index is 12.2. The summed E-state index contributed by atoms with van der Waals surface area (Å²) in [7, 11) is 0. The van der Waals surface area contributed by atoms with Crippen LogP contribution < -0.4 is 11.1 Å². The fraction of sp³-hybridized carbons (Fsp3) is 0.125. The molecule has 0 aliphatic carbocycles. The van der Waals surface area contributed by atoms with E-state index in [9.17, 15) is 9.59 Å². The molecule has 5 nitrogen and oxygen atoms in total. The van der Waals surface area contributed by atoms with Crippen LogP contribution in [0.25, 0.3) is 0 Å². The Kier molecular flexibility index (Phi) is 6.41. The number of anilines is 1. The Morgan fingerprint density at radius 1 is 1.09 bits per heavy atom. The quantitative estimate of drug-likeness (QED) is 0.738. The molecular weight excluding hydrogens is 304 g/mol. The number of benzene rings is 2. The van der Waals surface area contributed by atoms with Gasteiger partial charge in [-0.2, -0.15) is 0 Å². The van der Waals surface area contributed by atoms with Crippen LogP contribution in [0, 0.1) is 0 Å². The molecule has 0 fully saturated rings. The van der Waals surface area contributed by atoms with Crippen molar-refractivity contribution in [1.82, 2.24) is 5.32 Å². The monoisotopic (exact) mass is 320 g/mol. The highest BCUT2D eigenvalue weighted by molar-refractivity contribution is 5.95. The number of carboxylic acid groups (broad SMARTS) is 1. The summed E-state index contributed by atoms with van der Waals surface area (Å²) in [6.07, 6.45) is -0.182. The van der Waals surface area contributed by atoms with E-state index in [1.807, 2.05) is 6.07 Å². The molecule has 0 saturated heterocycles. The van der Waals surface area contributed by atoms with Crippen molar-refractivity contribution in [2.24, 2.45) is 0 Å². The van der Waals surface area contributed by atoms with E-state index in [1.165, 1.54) is 0 Å². The number of nitrogen functional groups attached to an aromatic ring is 1. The Morgan fingerprint density at radius 2 is 1.77 bits per heavy atom. The summed E-state index contributed by atoms with van der Waals surface area (Å²) in [6, 6.07) is 15.0. The molecule has 6 heteroatoms. The number of carbonyl (C=O) groups is 2. The number of hydrogen-bond donors (Lipinski definition) is 3. The first-order valence-corrected chi connectivity index (χ1v) is 6.49. The van der Waals surface area contributed by atoms with E-state index in [1.54, 1.807) is 48.5 Å². The lowest BCUT2D eigenvalue weighted by molar-refractivity contribution is -0.137. The summed E-state index contributed by atoms with van der Waals surface area (Å²) >= 11 is 0. The second-order valence-electron chi connectivity index (χ2n) is 4.66. The van der Waals surface area contributed by atoms with Gasteiger partial charge in [0.05, 0.1) is 12.5 Å². The molecule has 0 aliphatic rings. The van der Waals surface area contributed by atoms with Gasteiger partial charge in [-0.3, -0.25) is 9.59 Å². The average Bonchev–Trinajstić information content (AvgIpc) is 2.47. The van der Waals surface area contributed by atoms with Crippen LogP contribution in [0.3, 0.4) is 0 Å². The number of hydrogen-bond acceptors (Lipinski definition) is 3. The minimum atomic E-state index is -0.975. The molecule has 2 aromatic carbocycles. The summed E-state index contributed by atoms with van der Waals surface area (Å²) in [5.74, 6) is -1.32. The summed E-state index contributed by atoms with van der Waals surface area (Å²) in [4.78, 5) is 23.2. The number of amides is 1. The van der Waals surface area contributed by atoms with Crippen molar-refractivity contribution in [2.75, 3.05) is 5.73 Å². The van der Waals surface area contributed by atoms with Crippen molar-refractivity contribution in [2.45, 2.75) is 12.5 Å². The topological polar surface area (TPSA) is 92.4 Å². The third-order valence-electron chi connectivity index (χ3n) is 3.03. The second-order valence-corrected chi connectivity index (χ2v) is 4.66. The first-order chi connectivity index (χ1) is 10.1. The van der Waals surface area contributed by atoms with Crippen molar-refractivity contribution >= 4 is 30.0 Å². The molecule has 0 heterocycles. The van der Waals surface area contributed by atoms with Gasteiger partial charge in [-0.05, 0) is 23.8 Å². The average molecular weight is 321 g/mol. The SMILES string of the molecule is Cl.Nc1cccc(C(=O)NC(CC(=O)O)c2ccccc2)c1. The van der Waals surface area contributed by atoms with Gasteiger partial charge >= 0.3 is 5.97 Å². The Hall–Kier alpha value is -2.53. The molecule has 1 atom stereocenters. The Labute approximate surface area is 134 Å². The number of halogens is 1. The van der Waals surface area contributed by atoms with Gasteiger partial charge in [0.15, 0.2) is 0 Å². The summed E-state index contributed by atoms with van der Waals surface area (Å²) in [5.41, 5.74) is 7.28. The third-order valence-corrected chi connectivity index (χ3v) is 3.03. The molecule has 0 radical (unpaired) electrons. The molecule has 2 aromatic rings. The van der Waals surface area contributed by atoms with Crippen molar-refractivity contribution < 1.29 is 14.7 Å². The molecule has 4 N–H and O–H groups in total. The number of nitrogens with one attached hydrogen (secondary N) is 1. The van der Waals surface area contributed by atoms with Gasteiger partial charge in [-0.1, -0.05) is 36.4 Å². The molecule has 0 bridgehead atoms. The minimum Gasteiger partial charge on any atom is -0.481 e. The molecule has 116 valence electrons. The van der Waals surface area contributed by atoms with E-state index < -0.39 is 12.0 Å². The van der Waals surface area contributed by atoms with Crippen LogP contribution in [0.15, 0.2) is 54.6 Å². The molecule has 0 aromatic heterocycles. The van der Waals surface area contributed by atoms with Crippen LogP contribution in [-0.2, 0) is 4.79 Å². The summed E-state index contributed by atoms with van der Waals surface area (Å²) < 4.78 is 0.